The van der Waals surface area contributed by atoms with Crippen LogP contribution >= 0.6 is 45.9 Å². The number of hydrogen-bond acceptors (Lipinski definition) is 4. The smallest absolute Gasteiger partial charge is 0.267 e. The SMILES string of the molecule is CC(C)(C)C1CCc2c(sc(NC(=O)c3sc4cc(Cl)ccc4c3Cl)c2C(N)=O)C1. The van der Waals surface area contributed by atoms with Gasteiger partial charge in [0.2, 0.25) is 0 Å². The highest BCUT2D eigenvalue weighted by Crippen LogP contribution is 2.45. The standard InChI is InChI=1S/C22H22Cl2N2O2S2/c1-22(2,3)10-4-6-12-14(8-10)30-21(16(12)19(25)27)26-20(28)18-17(24)13-7-5-11(23)9-15(13)29-18/h5,7,9-10H,4,6,8H2,1-3H3,(H2,25,27)(H,26,28). The van der Waals surface area contributed by atoms with Crippen molar-refractivity contribution in [2.75, 3.05) is 5.32 Å². The molecular formula is C22H22Cl2N2O2S2. The second kappa shape index (κ2) is 7.83. The third kappa shape index (κ3) is 3.86. The van der Waals surface area contributed by atoms with Crippen LogP contribution < -0.4 is 11.1 Å². The van der Waals surface area contributed by atoms with Gasteiger partial charge in [0, 0.05) is 20.0 Å². The first kappa shape index (κ1) is 21.6. The summed E-state index contributed by atoms with van der Waals surface area (Å²) in [4.78, 5) is 26.8. The van der Waals surface area contributed by atoms with Crippen LogP contribution in [0.3, 0.4) is 0 Å². The quantitative estimate of drug-likeness (QED) is 0.433. The highest BCUT2D eigenvalue weighted by molar-refractivity contribution is 7.22. The summed E-state index contributed by atoms with van der Waals surface area (Å²) in [5, 5.41) is 5.18. The van der Waals surface area contributed by atoms with E-state index in [9.17, 15) is 9.59 Å². The number of rotatable bonds is 3. The maximum absolute atomic E-state index is 13.0. The molecule has 2 aromatic heterocycles. The molecule has 0 saturated carbocycles. The Balaban J connectivity index is 1.68. The number of benzene rings is 1. The van der Waals surface area contributed by atoms with Gasteiger partial charge in [0.1, 0.15) is 9.88 Å². The zero-order chi connectivity index (χ0) is 21.8. The van der Waals surface area contributed by atoms with Gasteiger partial charge in [-0.2, -0.15) is 0 Å². The molecule has 1 unspecified atom stereocenters. The fraction of sp³-hybridized carbons (Fsp3) is 0.364. The van der Waals surface area contributed by atoms with E-state index in [1.807, 2.05) is 0 Å². The predicted octanol–water partition coefficient (Wildman–Crippen LogP) is 6.77. The summed E-state index contributed by atoms with van der Waals surface area (Å²) in [6, 6.07) is 5.34. The number of anilines is 1. The van der Waals surface area contributed by atoms with E-state index in [-0.39, 0.29) is 11.3 Å². The Labute approximate surface area is 193 Å². The van der Waals surface area contributed by atoms with Crippen LogP contribution in [0, 0.1) is 11.3 Å². The third-order valence-electron chi connectivity index (χ3n) is 5.76. The van der Waals surface area contributed by atoms with E-state index in [4.69, 9.17) is 28.9 Å². The lowest BCUT2D eigenvalue weighted by Gasteiger charge is -2.33. The van der Waals surface area contributed by atoms with Crippen molar-refractivity contribution in [3.05, 3.63) is 49.1 Å². The molecule has 1 aromatic carbocycles. The normalized spacial score (nSPS) is 16.5. The molecule has 0 aliphatic heterocycles. The van der Waals surface area contributed by atoms with Crippen LogP contribution in [0.1, 0.15) is 57.7 Å². The van der Waals surface area contributed by atoms with Gasteiger partial charge in [0.25, 0.3) is 11.8 Å². The van der Waals surface area contributed by atoms with Crippen molar-refractivity contribution in [3.8, 4) is 0 Å². The van der Waals surface area contributed by atoms with Crippen LogP contribution in [0.2, 0.25) is 10.0 Å². The average molecular weight is 481 g/mol. The fourth-order valence-electron chi connectivity index (χ4n) is 4.02. The molecule has 0 saturated heterocycles. The highest BCUT2D eigenvalue weighted by Gasteiger charge is 2.33. The zero-order valence-electron chi connectivity index (χ0n) is 16.9. The summed E-state index contributed by atoms with van der Waals surface area (Å²) in [6.45, 7) is 6.72. The molecule has 2 amide bonds. The number of carbonyl (C=O) groups excluding carboxylic acids is 2. The molecule has 158 valence electrons. The Kier molecular flexibility index (Phi) is 5.64. The number of nitrogens with two attached hydrogens (primary N) is 1. The molecule has 0 radical (unpaired) electrons. The highest BCUT2D eigenvalue weighted by atomic mass is 35.5. The van der Waals surface area contributed by atoms with Crippen LogP contribution in [0.25, 0.3) is 10.1 Å². The van der Waals surface area contributed by atoms with Gasteiger partial charge in [-0.05, 0) is 48.3 Å². The summed E-state index contributed by atoms with van der Waals surface area (Å²) >= 11 is 15.3. The molecule has 1 aliphatic carbocycles. The van der Waals surface area contributed by atoms with E-state index >= 15 is 0 Å². The van der Waals surface area contributed by atoms with Crippen LogP contribution in [0.15, 0.2) is 18.2 Å². The van der Waals surface area contributed by atoms with E-state index < -0.39 is 5.91 Å². The number of fused-ring (bicyclic) bond motifs is 2. The first-order chi connectivity index (χ1) is 14.1. The molecule has 3 aromatic rings. The molecule has 0 spiro atoms. The summed E-state index contributed by atoms with van der Waals surface area (Å²) in [5.41, 5.74) is 7.31. The minimum absolute atomic E-state index is 0.184. The number of primary amides is 1. The van der Waals surface area contributed by atoms with Crippen molar-refractivity contribution in [1.29, 1.82) is 0 Å². The maximum atomic E-state index is 13.0. The Hall–Kier alpha value is -1.60. The Morgan fingerprint density at radius 2 is 1.93 bits per heavy atom. The number of amides is 2. The molecule has 3 N–H and O–H groups in total. The van der Waals surface area contributed by atoms with Gasteiger partial charge in [-0.1, -0.05) is 50.0 Å². The Morgan fingerprint density at radius 3 is 2.60 bits per heavy atom. The number of hydrogen-bond donors (Lipinski definition) is 2. The van der Waals surface area contributed by atoms with Crippen LogP contribution in [0.5, 0.6) is 0 Å². The second-order valence-electron chi connectivity index (χ2n) is 8.72. The van der Waals surface area contributed by atoms with Crippen LogP contribution in [-0.4, -0.2) is 11.8 Å². The van der Waals surface area contributed by atoms with Gasteiger partial charge in [-0.3, -0.25) is 9.59 Å². The van der Waals surface area contributed by atoms with Crippen molar-refractivity contribution >= 4 is 72.8 Å². The predicted molar refractivity (Wildman–Crippen MR) is 128 cm³/mol. The van der Waals surface area contributed by atoms with E-state index in [0.29, 0.717) is 31.4 Å². The fourth-order valence-corrected chi connectivity index (χ4v) is 7.03. The largest absolute Gasteiger partial charge is 0.365 e. The minimum atomic E-state index is -0.508. The third-order valence-corrected chi connectivity index (χ3v) is 8.82. The lowest BCUT2D eigenvalue weighted by atomic mass is 9.72. The van der Waals surface area contributed by atoms with Crippen molar-refractivity contribution in [2.24, 2.45) is 17.1 Å². The van der Waals surface area contributed by atoms with Gasteiger partial charge in [-0.15, -0.1) is 22.7 Å². The summed E-state index contributed by atoms with van der Waals surface area (Å²) < 4.78 is 0.839. The Bertz CT molecular complexity index is 1170. The molecule has 2 heterocycles. The van der Waals surface area contributed by atoms with Crippen molar-refractivity contribution < 1.29 is 9.59 Å². The van der Waals surface area contributed by atoms with Crippen LogP contribution in [-0.2, 0) is 12.8 Å². The maximum Gasteiger partial charge on any atom is 0.267 e. The molecule has 8 heteroatoms. The van der Waals surface area contributed by atoms with Gasteiger partial charge < -0.3 is 11.1 Å². The molecule has 1 aliphatic rings. The van der Waals surface area contributed by atoms with Gasteiger partial charge in [0.15, 0.2) is 0 Å². The van der Waals surface area contributed by atoms with Crippen molar-refractivity contribution in [3.63, 3.8) is 0 Å². The number of halogens is 2. The molecule has 4 nitrogen and oxygen atoms in total. The van der Waals surface area contributed by atoms with Gasteiger partial charge in [0.05, 0.1) is 10.6 Å². The first-order valence-corrected chi connectivity index (χ1v) is 12.1. The number of carbonyl (C=O) groups is 2. The van der Waals surface area contributed by atoms with Gasteiger partial charge in [-0.25, -0.2) is 0 Å². The number of thiophene rings is 2. The molecular weight excluding hydrogens is 459 g/mol. The second-order valence-corrected chi connectivity index (χ2v) is 11.7. The lowest BCUT2D eigenvalue weighted by Crippen LogP contribution is -2.27. The topological polar surface area (TPSA) is 72.2 Å². The van der Waals surface area contributed by atoms with Gasteiger partial charge >= 0.3 is 0 Å². The summed E-state index contributed by atoms with van der Waals surface area (Å²) in [5.74, 6) is -0.327. The number of nitrogens with one attached hydrogen (secondary N) is 1. The van der Waals surface area contributed by atoms with Crippen molar-refractivity contribution in [2.45, 2.75) is 40.0 Å². The average Bonchev–Trinajstić information content (AvgIpc) is 3.17. The molecule has 0 bridgehead atoms. The molecule has 4 rings (SSSR count). The minimum Gasteiger partial charge on any atom is -0.365 e. The van der Waals surface area contributed by atoms with Crippen molar-refractivity contribution in [1.82, 2.24) is 0 Å². The van der Waals surface area contributed by atoms with E-state index in [1.54, 1.807) is 18.2 Å². The lowest BCUT2D eigenvalue weighted by molar-refractivity contribution is 0.1000. The van der Waals surface area contributed by atoms with E-state index in [0.717, 1.165) is 39.8 Å². The molecule has 0 fully saturated rings. The first-order valence-electron chi connectivity index (χ1n) is 9.69. The summed E-state index contributed by atoms with van der Waals surface area (Å²) in [7, 11) is 0. The van der Waals surface area contributed by atoms with Crippen LogP contribution in [0.4, 0.5) is 5.00 Å². The zero-order valence-corrected chi connectivity index (χ0v) is 20.0. The molecule has 30 heavy (non-hydrogen) atoms. The Morgan fingerprint density at radius 1 is 1.20 bits per heavy atom. The van der Waals surface area contributed by atoms with E-state index in [1.165, 1.54) is 22.7 Å². The van der Waals surface area contributed by atoms with E-state index in [2.05, 4.69) is 26.1 Å². The monoisotopic (exact) mass is 480 g/mol. The summed E-state index contributed by atoms with van der Waals surface area (Å²) in [6.07, 6.45) is 2.69. The molecule has 1 atom stereocenters.